The first-order valence-electron chi connectivity index (χ1n) is 8.36. The molecule has 0 aliphatic carbocycles. The second-order valence-electron chi connectivity index (χ2n) is 6.07. The number of hydroxylamine groups is 1. The number of allylic oxidation sites excluding steroid dienone is 1. The van der Waals surface area contributed by atoms with Gasteiger partial charge in [-0.25, -0.2) is 14.3 Å². The highest BCUT2D eigenvalue weighted by Crippen LogP contribution is 2.21. The van der Waals surface area contributed by atoms with Gasteiger partial charge in [-0.05, 0) is 31.2 Å². The number of hydrogen-bond acceptors (Lipinski definition) is 6. The van der Waals surface area contributed by atoms with E-state index >= 15 is 0 Å². The molecule has 0 bridgehead atoms. The number of amides is 3. The molecule has 10 nitrogen and oxygen atoms in total. The van der Waals surface area contributed by atoms with Gasteiger partial charge >= 0.3 is 0 Å². The molecule has 3 amide bonds. The summed E-state index contributed by atoms with van der Waals surface area (Å²) in [6.45, 7) is 1.84. The van der Waals surface area contributed by atoms with Crippen molar-refractivity contribution in [3.63, 3.8) is 0 Å². The van der Waals surface area contributed by atoms with Gasteiger partial charge in [0.25, 0.3) is 18.2 Å². The monoisotopic (exact) mass is 422 g/mol. The van der Waals surface area contributed by atoms with Crippen LogP contribution < -0.4 is 21.5 Å². The van der Waals surface area contributed by atoms with Crippen molar-refractivity contribution in [2.24, 2.45) is 5.22 Å². The van der Waals surface area contributed by atoms with Crippen LogP contribution in [0.25, 0.3) is 0 Å². The first-order chi connectivity index (χ1) is 14.2. The molecule has 0 aliphatic rings. The van der Waals surface area contributed by atoms with Gasteiger partial charge in [-0.3, -0.25) is 25.0 Å². The first kappa shape index (κ1) is 24.2. The Labute approximate surface area is 170 Å². The molecule has 0 aliphatic heterocycles. The average Bonchev–Trinajstić information content (AvgIpc) is 2.70. The Balaban J connectivity index is 3.06. The number of carbonyl (C=O) groups excluding carboxylic acids is 3. The van der Waals surface area contributed by atoms with E-state index in [1.165, 1.54) is 42.0 Å². The van der Waals surface area contributed by atoms with Crippen LogP contribution in [-0.2, 0) is 9.59 Å². The fourth-order valence-corrected chi connectivity index (χ4v) is 2.34. The van der Waals surface area contributed by atoms with Crippen molar-refractivity contribution in [2.75, 3.05) is 0 Å². The van der Waals surface area contributed by atoms with Crippen molar-refractivity contribution in [2.45, 2.75) is 31.9 Å². The number of hydrogen-bond donors (Lipinski definition) is 6. The SMILES string of the molecule is CC(=O)NC(C)(C(F)F)[C@H](NC(=O)c1ccc(C#C/C=C/NN=N)cc1)C(=O)NO. The van der Waals surface area contributed by atoms with Gasteiger partial charge < -0.3 is 10.6 Å². The Hall–Kier alpha value is -3.85. The molecule has 12 heteroatoms. The van der Waals surface area contributed by atoms with E-state index in [9.17, 15) is 23.2 Å². The molecule has 1 aromatic rings. The van der Waals surface area contributed by atoms with Gasteiger partial charge in [0.1, 0.15) is 11.6 Å². The van der Waals surface area contributed by atoms with Crippen LogP contribution in [0, 0.1) is 17.4 Å². The standard InChI is InChI=1S/C18H20F2N6O4/c1-11(27)24-18(2,17(19)20)14(16(29)25-30)23-15(28)13-8-6-12(7-9-13)5-3-4-10-22-26-21/h4,6-10,14,17,30H,1-2H3,(H2,21,22)(H,23,28)(H,24,27)(H,25,29)/b10-4+/t14-,18?/m1/s1. The topological polar surface area (TPSA) is 156 Å². The summed E-state index contributed by atoms with van der Waals surface area (Å²) < 4.78 is 27.2. The molecule has 0 saturated carbocycles. The maximum absolute atomic E-state index is 13.6. The van der Waals surface area contributed by atoms with E-state index < -0.39 is 35.7 Å². The number of alkyl halides is 2. The summed E-state index contributed by atoms with van der Waals surface area (Å²) >= 11 is 0. The molecule has 1 aromatic carbocycles. The molecule has 1 rings (SSSR count). The molecule has 0 aromatic heterocycles. The number of nitrogens with one attached hydrogen (secondary N) is 5. The zero-order valence-electron chi connectivity index (χ0n) is 16.0. The summed E-state index contributed by atoms with van der Waals surface area (Å²) in [6, 6.07) is 3.70. The van der Waals surface area contributed by atoms with Gasteiger partial charge in [-0.1, -0.05) is 17.1 Å². The molecule has 0 heterocycles. The lowest BCUT2D eigenvalue weighted by Gasteiger charge is -2.36. The molecule has 1 unspecified atom stereocenters. The maximum atomic E-state index is 13.6. The summed E-state index contributed by atoms with van der Waals surface area (Å²) in [5.74, 6) is 2.32. The number of benzene rings is 1. The van der Waals surface area contributed by atoms with E-state index in [4.69, 9.17) is 10.7 Å². The Morgan fingerprint density at radius 2 is 1.90 bits per heavy atom. The van der Waals surface area contributed by atoms with Gasteiger partial charge in [-0.15, -0.1) is 0 Å². The lowest BCUT2D eigenvalue weighted by molar-refractivity contribution is -0.137. The van der Waals surface area contributed by atoms with Crippen LogP contribution in [0.3, 0.4) is 0 Å². The van der Waals surface area contributed by atoms with Gasteiger partial charge in [-0.2, -0.15) is 5.53 Å². The van der Waals surface area contributed by atoms with Gasteiger partial charge in [0.05, 0.1) is 0 Å². The Morgan fingerprint density at radius 3 is 2.40 bits per heavy atom. The normalized spacial score (nSPS) is 13.4. The number of rotatable bonds is 8. The Kier molecular flexibility index (Phi) is 9.05. The van der Waals surface area contributed by atoms with Crippen LogP contribution >= 0.6 is 0 Å². The van der Waals surface area contributed by atoms with E-state index in [1.54, 1.807) is 0 Å². The third-order valence-corrected chi connectivity index (χ3v) is 3.82. The molecule has 2 atom stereocenters. The summed E-state index contributed by atoms with van der Waals surface area (Å²) in [6.07, 6.45) is -0.500. The fraction of sp³-hybridized carbons (Fsp3) is 0.278. The molecule has 6 N–H and O–H groups in total. The van der Waals surface area contributed by atoms with E-state index in [-0.39, 0.29) is 5.56 Å². The largest absolute Gasteiger partial charge is 0.343 e. The predicted octanol–water partition coefficient (Wildman–Crippen LogP) is 0.851. The second kappa shape index (κ2) is 11.2. The molecular formula is C18H20F2N6O4. The molecule has 0 saturated heterocycles. The molecule has 0 radical (unpaired) electrons. The van der Waals surface area contributed by atoms with Crippen molar-refractivity contribution in [1.82, 2.24) is 21.5 Å². The summed E-state index contributed by atoms with van der Waals surface area (Å²) in [7, 11) is 0. The lowest BCUT2D eigenvalue weighted by atomic mass is 9.91. The molecule has 0 spiro atoms. The average molecular weight is 422 g/mol. The predicted molar refractivity (Wildman–Crippen MR) is 100 cm³/mol. The van der Waals surface area contributed by atoms with Gasteiger partial charge in [0.15, 0.2) is 0 Å². The Morgan fingerprint density at radius 1 is 1.27 bits per heavy atom. The van der Waals surface area contributed by atoms with Crippen molar-refractivity contribution in [3.8, 4) is 11.8 Å². The molecule has 30 heavy (non-hydrogen) atoms. The third-order valence-electron chi connectivity index (χ3n) is 3.82. The van der Waals surface area contributed by atoms with Crippen LogP contribution in [-0.4, -0.2) is 40.9 Å². The molecular weight excluding hydrogens is 402 g/mol. The van der Waals surface area contributed by atoms with Crippen LogP contribution in [0.5, 0.6) is 0 Å². The highest BCUT2D eigenvalue weighted by atomic mass is 19.3. The van der Waals surface area contributed by atoms with Crippen LogP contribution in [0.4, 0.5) is 8.78 Å². The van der Waals surface area contributed by atoms with Crippen molar-refractivity contribution < 1.29 is 28.4 Å². The second-order valence-corrected chi connectivity index (χ2v) is 6.07. The van der Waals surface area contributed by atoms with E-state index in [2.05, 4.69) is 27.8 Å². The minimum atomic E-state index is -3.24. The van der Waals surface area contributed by atoms with Crippen LogP contribution in [0.2, 0.25) is 0 Å². The van der Waals surface area contributed by atoms with Crippen molar-refractivity contribution in [3.05, 3.63) is 47.7 Å². The number of nitrogens with zero attached hydrogens (tertiary/aromatic N) is 1. The van der Waals surface area contributed by atoms with E-state index in [1.807, 2.05) is 5.32 Å². The molecule has 160 valence electrons. The maximum Gasteiger partial charge on any atom is 0.268 e. The van der Waals surface area contributed by atoms with Gasteiger partial charge in [0, 0.05) is 30.3 Å². The zero-order chi connectivity index (χ0) is 22.7. The third kappa shape index (κ3) is 6.64. The lowest BCUT2D eigenvalue weighted by Crippen LogP contribution is -2.68. The quantitative estimate of drug-likeness (QED) is 0.159. The summed E-state index contributed by atoms with van der Waals surface area (Å²) in [5.41, 5.74) is 8.06. The van der Waals surface area contributed by atoms with Crippen LogP contribution in [0.15, 0.2) is 41.8 Å². The fourth-order valence-electron chi connectivity index (χ4n) is 2.34. The highest BCUT2D eigenvalue weighted by molar-refractivity contribution is 5.98. The summed E-state index contributed by atoms with van der Waals surface area (Å²) in [5, 5.41) is 15.8. The summed E-state index contributed by atoms with van der Waals surface area (Å²) in [4.78, 5) is 35.7. The first-order valence-corrected chi connectivity index (χ1v) is 8.36. The number of halogens is 2. The Bertz CT molecular complexity index is 879. The van der Waals surface area contributed by atoms with Crippen molar-refractivity contribution >= 4 is 17.7 Å². The minimum absolute atomic E-state index is 0.0287. The zero-order valence-corrected chi connectivity index (χ0v) is 16.0. The van der Waals surface area contributed by atoms with Gasteiger partial charge in [0.2, 0.25) is 5.91 Å². The highest BCUT2D eigenvalue weighted by Gasteiger charge is 2.48. The number of carbonyl (C=O) groups is 3. The minimum Gasteiger partial charge on any atom is -0.343 e. The smallest absolute Gasteiger partial charge is 0.268 e. The molecule has 0 fully saturated rings. The van der Waals surface area contributed by atoms with Crippen molar-refractivity contribution in [1.29, 1.82) is 5.53 Å². The van der Waals surface area contributed by atoms with E-state index in [0.717, 1.165) is 13.8 Å². The van der Waals surface area contributed by atoms with Crippen LogP contribution in [0.1, 0.15) is 29.8 Å². The van der Waals surface area contributed by atoms with E-state index in [0.29, 0.717) is 5.56 Å².